The monoisotopic (exact) mass is 361 g/mol. The summed E-state index contributed by atoms with van der Waals surface area (Å²) in [6.07, 6.45) is 3.15. The first kappa shape index (κ1) is 16.8. The zero-order chi connectivity index (χ0) is 18.8. The van der Waals surface area contributed by atoms with Crippen LogP contribution in [-0.2, 0) is 6.54 Å². The molecule has 4 rings (SSSR count). The highest BCUT2D eigenvalue weighted by molar-refractivity contribution is 5.91. The van der Waals surface area contributed by atoms with Gasteiger partial charge in [0.15, 0.2) is 5.82 Å². The number of rotatable bonds is 4. The fraction of sp³-hybridized carbons (Fsp3) is 0.100. The zero-order valence-electron chi connectivity index (χ0n) is 14.5. The Labute approximate surface area is 155 Å². The molecule has 1 N–H and O–H groups in total. The third kappa shape index (κ3) is 3.39. The molecule has 6 nitrogen and oxygen atoms in total. The largest absolute Gasteiger partial charge is 0.507 e. The van der Waals surface area contributed by atoms with E-state index in [0.29, 0.717) is 34.7 Å². The maximum atomic E-state index is 13.9. The molecule has 0 spiro atoms. The molecule has 7 heteroatoms. The van der Waals surface area contributed by atoms with Crippen molar-refractivity contribution in [3.05, 3.63) is 72.6 Å². The van der Waals surface area contributed by atoms with Gasteiger partial charge in [-0.1, -0.05) is 12.1 Å². The first-order valence-corrected chi connectivity index (χ1v) is 8.33. The molecule has 0 atom stereocenters. The predicted octanol–water partition coefficient (Wildman–Crippen LogP) is 3.57. The van der Waals surface area contributed by atoms with E-state index in [1.54, 1.807) is 36.5 Å². The predicted molar refractivity (Wildman–Crippen MR) is 101 cm³/mol. The number of fused-ring (bicyclic) bond motifs is 1. The van der Waals surface area contributed by atoms with Gasteiger partial charge >= 0.3 is 0 Å². The second kappa shape index (κ2) is 6.95. The highest BCUT2D eigenvalue weighted by Gasteiger charge is 2.16. The van der Waals surface area contributed by atoms with Crippen LogP contribution in [0.1, 0.15) is 5.69 Å². The van der Waals surface area contributed by atoms with Gasteiger partial charge in [-0.05, 0) is 36.4 Å². The Morgan fingerprint density at radius 2 is 1.93 bits per heavy atom. The number of aromatic hydroxyl groups is 1. The minimum atomic E-state index is -0.363. The molecular formula is C20H16FN5O. The van der Waals surface area contributed by atoms with E-state index < -0.39 is 0 Å². The lowest BCUT2D eigenvalue weighted by Gasteiger charge is -2.20. The number of aromatic nitrogens is 4. The SMILES string of the molecule is CN(Cc1ccncn1)c1nc(-c2ccccc2O)nc2ccc(F)cc12. The Morgan fingerprint density at radius 3 is 2.70 bits per heavy atom. The van der Waals surface area contributed by atoms with E-state index in [1.165, 1.54) is 18.5 Å². The zero-order valence-corrected chi connectivity index (χ0v) is 14.5. The standard InChI is InChI=1S/C20H16FN5O/c1-26(11-14-8-9-22-12-23-14)20-16-10-13(21)6-7-17(16)24-19(25-20)15-4-2-3-5-18(15)27/h2-10,12,27H,11H2,1H3. The molecule has 0 aliphatic rings. The quantitative estimate of drug-likeness (QED) is 0.599. The Kier molecular flexibility index (Phi) is 4.33. The van der Waals surface area contributed by atoms with Crippen LogP contribution < -0.4 is 4.90 Å². The number of nitrogens with zero attached hydrogens (tertiary/aromatic N) is 5. The molecule has 0 amide bonds. The van der Waals surface area contributed by atoms with E-state index in [4.69, 9.17) is 0 Å². The van der Waals surface area contributed by atoms with Gasteiger partial charge in [0.05, 0.1) is 23.3 Å². The highest BCUT2D eigenvalue weighted by atomic mass is 19.1. The van der Waals surface area contributed by atoms with Crippen LogP contribution in [0.3, 0.4) is 0 Å². The van der Waals surface area contributed by atoms with E-state index >= 15 is 0 Å². The van der Waals surface area contributed by atoms with Gasteiger partial charge in [-0.25, -0.2) is 24.3 Å². The second-order valence-corrected chi connectivity index (χ2v) is 6.11. The number of para-hydroxylation sites is 1. The summed E-state index contributed by atoms with van der Waals surface area (Å²) in [7, 11) is 1.85. The molecule has 0 radical (unpaired) electrons. The van der Waals surface area contributed by atoms with E-state index in [-0.39, 0.29) is 11.6 Å². The lowest BCUT2D eigenvalue weighted by molar-refractivity contribution is 0.477. The number of benzene rings is 2. The number of halogens is 1. The molecule has 0 aliphatic heterocycles. The number of anilines is 1. The maximum absolute atomic E-state index is 13.9. The number of phenols is 1. The molecule has 0 saturated carbocycles. The first-order chi connectivity index (χ1) is 13.1. The topological polar surface area (TPSA) is 75.0 Å². The smallest absolute Gasteiger partial charge is 0.165 e. The van der Waals surface area contributed by atoms with Crippen LogP contribution in [0.2, 0.25) is 0 Å². The minimum absolute atomic E-state index is 0.0864. The lowest BCUT2D eigenvalue weighted by Crippen LogP contribution is -2.19. The van der Waals surface area contributed by atoms with Crippen LogP contribution >= 0.6 is 0 Å². The molecule has 0 bridgehead atoms. The molecule has 27 heavy (non-hydrogen) atoms. The molecule has 0 fully saturated rings. The Bertz CT molecular complexity index is 1100. The summed E-state index contributed by atoms with van der Waals surface area (Å²) in [6, 6.07) is 13.1. The van der Waals surface area contributed by atoms with Crippen molar-refractivity contribution in [3.63, 3.8) is 0 Å². The molecule has 4 aromatic rings. The van der Waals surface area contributed by atoms with Gasteiger partial charge in [0.2, 0.25) is 0 Å². The summed E-state index contributed by atoms with van der Waals surface area (Å²) >= 11 is 0. The van der Waals surface area contributed by atoms with E-state index in [2.05, 4.69) is 19.9 Å². The van der Waals surface area contributed by atoms with Gasteiger partial charge in [0, 0.05) is 18.6 Å². The number of hydrogen-bond donors (Lipinski definition) is 1. The fourth-order valence-electron chi connectivity index (χ4n) is 2.89. The Hall–Kier alpha value is -3.61. The van der Waals surface area contributed by atoms with E-state index in [0.717, 1.165) is 5.69 Å². The molecule has 0 saturated heterocycles. The van der Waals surface area contributed by atoms with Gasteiger partial charge in [-0.3, -0.25) is 0 Å². The van der Waals surface area contributed by atoms with Gasteiger partial charge in [-0.15, -0.1) is 0 Å². The van der Waals surface area contributed by atoms with Crippen molar-refractivity contribution in [1.82, 2.24) is 19.9 Å². The minimum Gasteiger partial charge on any atom is -0.507 e. The van der Waals surface area contributed by atoms with Gasteiger partial charge < -0.3 is 10.0 Å². The molecule has 0 aliphatic carbocycles. The first-order valence-electron chi connectivity index (χ1n) is 8.33. The fourth-order valence-corrected chi connectivity index (χ4v) is 2.89. The molecule has 2 aromatic carbocycles. The van der Waals surface area contributed by atoms with E-state index in [1.807, 2.05) is 18.0 Å². The average Bonchev–Trinajstić information content (AvgIpc) is 2.68. The molecule has 2 aromatic heterocycles. The normalized spacial score (nSPS) is 10.9. The molecule has 2 heterocycles. The average molecular weight is 361 g/mol. The molecule has 134 valence electrons. The van der Waals surface area contributed by atoms with Crippen LogP contribution in [0.25, 0.3) is 22.3 Å². The molecule has 0 unspecified atom stereocenters. The van der Waals surface area contributed by atoms with Crippen molar-refractivity contribution < 1.29 is 9.50 Å². The van der Waals surface area contributed by atoms with Crippen molar-refractivity contribution in [2.75, 3.05) is 11.9 Å². The van der Waals surface area contributed by atoms with Crippen LogP contribution in [-0.4, -0.2) is 32.1 Å². The van der Waals surface area contributed by atoms with Crippen LogP contribution in [0, 0.1) is 5.82 Å². The number of phenolic OH excluding ortho intramolecular Hbond substituents is 1. The van der Waals surface area contributed by atoms with Crippen LogP contribution in [0.5, 0.6) is 5.75 Å². The summed E-state index contributed by atoms with van der Waals surface area (Å²) in [6.45, 7) is 0.464. The van der Waals surface area contributed by atoms with Crippen molar-refractivity contribution in [1.29, 1.82) is 0 Å². The van der Waals surface area contributed by atoms with Gasteiger partial charge in [0.1, 0.15) is 23.7 Å². The Morgan fingerprint density at radius 1 is 1.07 bits per heavy atom. The van der Waals surface area contributed by atoms with E-state index in [9.17, 15) is 9.50 Å². The third-order valence-corrected chi connectivity index (χ3v) is 4.19. The van der Waals surface area contributed by atoms with Gasteiger partial charge in [0.25, 0.3) is 0 Å². The van der Waals surface area contributed by atoms with Crippen LogP contribution in [0.15, 0.2) is 61.1 Å². The number of hydrogen-bond acceptors (Lipinski definition) is 6. The van der Waals surface area contributed by atoms with Gasteiger partial charge in [-0.2, -0.15) is 0 Å². The summed E-state index contributed by atoms with van der Waals surface area (Å²) < 4.78 is 13.9. The second-order valence-electron chi connectivity index (χ2n) is 6.11. The van der Waals surface area contributed by atoms with Crippen molar-refractivity contribution in [2.45, 2.75) is 6.54 Å². The summed E-state index contributed by atoms with van der Waals surface area (Å²) in [4.78, 5) is 19.1. The molecular weight excluding hydrogens is 345 g/mol. The maximum Gasteiger partial charge on any atom is 0.165 e. The van der Waals surface area contributed by atoms with Crippen molar-refractivity contribution >= 4 is 16.7 Å². The summed E-state index contributed by atoms with van der Waals surface area (Å²) in [5, 5.41) is 10.8. The summed E-state index contributed by atoms with van der Waals surface area (Å²) in [5.74, 6) is 0.648. The summed E-state index contributed by atoms with van der Waals surface area (Å²) in [5.41, 5.74) is 1.91. The highest BCUT2D eigenvalue weighted by Crippen LogP contribution is 2.31. The Balaban J connectivity index is 1.86. The van der Waals surface area contributed by atoms with Crippen molar-refractivity contribution in [3.8, 4) is 17.1 Å². The van der Waals surface area contributed by atoms with Crippen LogP contribution in [0.4, 0.5) is 10.2 Å². The van der Waals surface area contributed by atoms with Crippen molar-refractivity contribution in [2.24, 2.45) is 0 Å². The lowest BCUT2D eigenvalue weighted by atomic mass is 10.1. The third-order valence-electron chi connectivity index (χ3n) is 4.19.